The van der Waals surface area contributed by atoms with E-state index in [0.29, 0.717) is 12.8 Å². The lowest BCUT2D eigenvalue weighted by molar-refractivity contribution is -0.207. The molecule has 2 fully saturated rings. The second kappa shape index (κ2) is 10.0. The lowest BCUT2D eigenvalue weighted by Crippen LogP contribution is -2.33. The molecule has 4 nitrogen and oxygen atoms in total. The number of ether oxygens (including phenoxy) is 4. The zero-order valence-corrected chi connectivity index (χ0v) is 13.4. The molecule has 2 rings (SSSR count). The maximum absolute atomic E-state index is 6.02. The molecule has 22 heavy (non-hydrogen) atoms. The van der Waals surface area contributed by atoms with E-state index in [1.54, 1.807) is 0 Å². The summed E-state index contributed by atoms with van der Waals surface area (Å²) >= 11 is 0. The number of hydrogen-bond acceptors (Lipinski definition) is 4. The van der Waals surface area contributed by atoms with E-state index in [9.17, 15) is 0 Å². The average molecular weight is 308 g/mol. The first-order chi connectivity index (χ1) is 10.8. The predicted octanol–water partition coefficient (Wildman–Crippen LogP) is 3.41. The van der Waals surface area contributed by atoms with E-state index in [0.717, 1.165) is 51.7 Å². The van der Waals surface area contributed by atoms with Crippen molar-refractivity contribution in [3.63, 3.8) is 0 Å². The fourth-order valence-electron chi connectivity index (χ4n) is 2.83. The first kappa shape index (κ1) is 17.5. The summed E-state index contributed by atoms with van der Waals surface area (Å²) in [6, 6.07) is 0. The molecule has 4 unspecified atom stereocenters. The number of rotatable bonds is 8. The van der Waals surface area contributed by atoms with Gasteiger partial charge in [0.05, 0.1) is 12.2 Å². The Morgan fingerprint density at radius 3 is 2.23 bits per heavy atom. The lowest BCUT2D eigenvalue weighted by Gasteiger charge is -2.30. The van der Waals surface area contributed by atoms with Crippen LogP contribution in [-0.2, 0) is 18.9 Å². The molecule has 0 aromatic heterocycles. The molecule has 0 saturated carbocycles. The molecule has 2 saturated heterocycles. The predicted molar refractivity (Wildman–Crippen MR) is 85.2 cm³/mol. The van der Waals surface area contributed by atoms with Crippen molar-refractivity contribution in [3.8, 4) is 12.3 Å². The van der Waals surface area contributed by atoms with Crippen molar-refractivity contribution >= 4 is 0 Å². The fourth-order valence-corrected chi connectivity index (χ4v) is 2.83. The molecule has 0 aliphatic carbocycles. The molecular formula is C18H28O4. The third-order valence-electron chi connectivity index (χ3n) is 4.05. The highest BCUT2D eigenvalue weighted by Crippen LogP contribution is 2.22. The second-order valence-electron chi connectivity index (χ2n) is 5.90. The van der Waals surface area contributed by atoms with Gasteiger partial charge in [0.15, 0.2) is 12.6 Å². The van der Waals surface area contributed by atoms with Gasteiger partial charge in [0.2, 0.25) is 0 Å². The molecule has 4 heteroatoms. The molecule has 0 N–H and O–H groups in total. The standard InChI is InChI=1S/C18H28O4/c1-3-9-16(22-18-11-6-8-13-20-18)14-15(4-2)21-17-10-5-7-12-19-17/h1,4,15-18H,2,5-14H2. The van der Waals surface area contributed by atoms with Gasteiger partial charge < -0.3 is 18.9 Å². The normalized spacial score (nSPS) is 28.5. The van der Waals surface area contributed by atoms with E-state index >= 15 is 0 Å². The highest BCUT2D eigenvalue weighted by molar-refractivity contribution is 4.91. The summed E-state index contributed by atoms with van der Waals surface area (Å²) in [4.78, 5) is 0. The minimum Gasteiger partial charge on any atom is -0.353 e. The second-order valence-corrected chi connectivity index (χ2v) is 5.90. The van der Waals surface area contributed by atoms with Gasteiger partial charge in [0.1, 0.15) is 0 Å². The van der Waals surface area contributed by atoms with E-state index in [1.807, 2.05) is 6.08 Å². The largest absolute Gasteiger partial charge is 0.353 e. The molecular weight excluding hydrogens is 280 g/mol. The highest BCUT2D eigenvalue weighted by atomic mass is 16.7. The van der Waals surface area contributed by atoms with E-state index in [1.165, 1.54) is 0 Å². The van der Waals surface area contributed by atoms with E-state index in [2.05, 4.69) is 12.5 Å². The summed E-state index contributed by atoms with van der Waals surface area (Å²) in [5.41, 5.74) is 0. The summed E-state index contributed by atoms with van der Waals surface area (Å²) < 4.78 is 23.3. The third kappa shape index (κ3) is 6.10. The molecule has 0 amide bonds. The van der Waals surface area contributed by atoms with E-state index in [-0.39, 0.29) is 24.8 Å². The van der Waals surface area contributed by atoms with Gasteiger partial charge in [-0.1, -0.05) is 6.08 Å². The Kier molecular flexibility index (Phi) is 7.96. The SMILES string of the molecule is C#CCC(CC(C=C)OC1CCCCO1)OC1CCCCO1. The van der Waals surface area contributed by atoms with Crippen LogP contribution in [0.25, 0.3) is 0 Å². The molecule has 0 radical (unpaired) electrons. The Morgan fingerprint density at radius 1 is 1.09 bits per heavy atom. The van der Waals surface area contributed by atoms with Crippen molar-refractivity contribution in [2.24, 2.45) is 0 Å². The van der Waals surface area contributed by atoms with Crippen LogP contribution in [0.4, 0.5) is 0 Å². The van der Waals surface area contributed by atoms with Gasteiger partial charge in [-0.05, 0) is 38.5 Å². The first-order valence-corrected chi connectivity index (χ1v) is 8.42. The van der Waals surface area contributed by atoms with Crippen molar-refractivity contribution in [1.29, 1.82) is 0 Å². The highest BCUT2D eigenvalue weighted by Gasteiger charge is 2.24. The van der Waals surface area contributed by atoms with Crippen LogP contribution in [-0.4, -0.2) is 38.0 Å². The van der Waals surface area contributed by atoms with Gasteiger partial charge in [0.25, 0.3) is 0 Å². The third-order valence-corrected chi connectivity index (χ3v) is 4.05. The van der Waals surface area contributed by atoms with Crippen LogP contribution < -0.4 is 0 Å². The summed E-state index contributed by atoms with van der Waals surface area (Å²) in [6.07, 6.45) is 14.5. The molecule has 0 aromatic rings. The molecule has 2 aliphatic heterocycles. The van der Waals surface area contributed by atoms with Crippen molar-refractivity contribution in [1.82, 2.24) is 0 Å². The maximum atomic E-state index is 6.02. The molecule has 0 aromatic carbocycles. The van der Waals surface area contributed by atoms with Crippen LogP contribution in [0.3, 0.4) is 0 Å². The van der Waals surface area contributed by atoms with Crippen LogP contribution in [0.1, 0.15) is 51.4 Å². The van der Waals surface area contributed by atoms with Crippen LogP contribution in [0.2, 0.25) is 0 Å². The van der Waals surface area contributed by atoms with E-state index in [4.69, 9.17) is 25.4 Å². The molecule has 0 spiro atoms. The molecule has 124 valence electrons. The van der Waals surface area contributed by atoms with Gasteiger partial charge in [-0.3, -0.25) is 0 Å². The van der Waals surface area contributed by atoms with Crippen molar-refractivity contribution in [2.75, 3.05) is 13.2 Å². The van der Waals surface area contributed by atoms with Crippen LogP contribution in [0.5, 0.6) is 0 Å². The van der Waals surface area contributed by atoms with E-state index < -0.39 is 0 Å². The molecule has 0 bridgehead atoms. The Balaban J connectivity index is 1.80. The quantitative estimate of drug-likeness (QED) is 0.509. The Labute approximate surface area is 134 Å². The van der Waals surface area contributed by atoms with Crippen LogP contribution in [0.15, 0.2) is 12.7 Å². The Bertz CT molecular complexity index is 351. The van der Waals surface area contributed by atoms with Gasteiger partial charge in [-0.2, -0.15) is 0 Å². The fraction of sp³-hybridized carbons (Fsp3) is 0.778. The number of terminal acetylenes is 1. The lowest BCUT2D eigenvalue weighted by atomic mass is 10.1. The van der Waals surface area contributed by atoms with Crippen LogP contribution in [0, 0.1) is 12.3 Å². The summed E-state index contributed by atoms with van der Waals surface area (Å²) in [5.74, 6) is 2.69. The topological polar surface area (TPSA) is 36.9 Å². The van der Waals surface area contributed by atoms with Gasteiger partial charge >= 0.3 is 0 Å². The maximum Gasteiger partial charge on any atom is 0.158 e. The van der Waals surface area contributed by atoms with Gasteiger partial charge in [0, 0.05) is 26.1 Å². The average Bonchev–Trinajstić information content (AvgIpc) is 2.56. The molecule has 4 atom stereocenters. The van der Waals surface area contributed by atoms with Crippen LogP contribution >= 0.6 is 0 Å². The molecule has 2 aliphatic rings. The summed E-state index contributed by atoms with van der Waals surface area (Å²) in [7, 11) is 0. The summed E-state index contributed by atoms with van der Waals surface area (Å²) in [6.45, 7) is 5.41. The number of hydrogen-bond donors (Lipinski definition) is 0. The smallest absolute Gasteiger partial charge is 0.158 e. The minimum atomic E-state index is -0.136. The van der Waals surface area contributed by atoms with Gasteiger partial charge in [-0.15, -0.1) is 18.9 Å². The first-order valence-electron chi connectivity index (χ1n) is 8.42. The van der Waals surface area contributed by atoms with Crippen molar-refractivity contribution in [2.45, 2.75) is 76.2 Å². The van der Waals surface area contributed by atoms with Crippen molar-refractivity contribution in [3.05, 3.63) is 12.7 Å². The van der Waals surface area contributed by atoms with Crippen molar-refractivity contribution < 1.29 is 18.9 Å². The zero-order valence-electron chi connectivity index (χ0n) is 13.4. The molecule has 2 heterocycles. The van der Waals surface area contributed by atoms with Gasteiger partial charge in [-0.25, -0.2) is 0 Å². The Hall–Kier alpha value is -0.860. The zero-order chi connectivity index (χ0) is 15.6. The minimum absolute atomic E-state index is 0.0697. The monoisotopic (exact) mass is 308 g/mol. The summed E-state index contributed by atoms with van der Waals surface area (Å²) in [5, 5.41) is 0. The Morgan fingerprint density at radius 2 is 1.73 bits per heavy atom.